The molecule has 4 heteroatoms. The normalized spacial score (nSPS) is 19.4. The molecule has 4 nitrogen and oxygen atoms in total. The van der Waals surface area contributed by atoms with Gasteiger partial charge in [-0.3, -0.25) is 0 Å². The van der Waals surface area contributed by atoms with Crippen molar-refractivity contribution in [2.24, 2.45) is 5.92 Å². The first-order valence-electron chi connectivity index (χ1n) is 5.84. The molecule has 0 spiro atoms. The first-order valence-corrected chi connectivity index (χ1v) is 5.84. The topological polar surface area (TPSA) is 55.6 Å². The standard InChI is InChI=1S/C13H18N2O2/c1-9-5-6-15(8-9)12-4-3-10(14)7-11(12)13(16)17-2/h3-4,7,9H,5-6,8,14H2,1-2H3. The molecule has 0 bridgehead atoms. The number of ether oxygens (including phenoxy) is 1. The van der Waals surface area contributed by atoms with Crippen LogP contribution in [0.3, 0.4) is 0 Å². The molecule has 92 valence electrons. The highest BCUT2D eigenvalue weighted by atomic mass is 16.5. The number of nitrogen functional groups attached to an aromatic ring is 1. The zero-order valence-corrected chi connectivity index (χ0v) is 10.3. The third-order valence-electron chi connectivity index (χ3n) is 3.19. The van der Waals surface area contributed by atoms with Gasteiger partial charge < -0.3 is 15.4 Å². The molecule has 1 aromatic rings. The number of nitrogens with zero attached hydrogens (tertiary/aromatic N) is 1. The van der Waals surface area contributed by atoms with Gasteiger partial charge >= 0.3 is 5.97 Å². The minimum Gasteiger partial charge on any atom is -0.465 e. The molecule has 0 radical (unpaired) electrons. The maximum absolute atomic E-state index is 11.7. The molecule has 1 saturated heterocycles. The van der Waals surface area contributed by atoms with Crippen LogP contribution in [-0.2, 0) is 4.74 Å². The molecule has 1 fully saturated rings. The van der Waals surface area contributed by atoms with E-state index in [0.29, 0.717) is 17.2 Å². The van der Waals surface area contributed by atoms with Crippen molar-refractivity contribution in [3.05, 3.63) is 23.8 Å². The van der Waals surface area contributed by atoms with Gasteiger partial charge in [-0.1, -0.05) is 6.92 Å². The molecule has 1 aliphatic heterocycles. The molecule has 1 atom stereocenters. The number of hydrogen-bond acceptors (Lipinski definition) is 4. The van der Waals surface area contributed by atoms with Gasteiger partial charge in [0, 0.05) is 18.8 Å². The van der Waals surface area contributed by atoms with Gasteiger partial charge in [0.1, 0.15) is 0 Å². The van der Waals surface area contributed by atoms with Crippen molar-refractivity contribution in [2.45, 2.75) is 13.3 Å². The van der Waals surface area contributed by atoms with Gasteiger partial charge in [0.2, 0.25) is 0 Å². The SMILES string of the molecule is COC(=O)c1cc(N)ccc1N1CCC(C)C1. The molecule has 1 heterocycles. The summed E-state index contributed by atoms with van der Waals surface area (Å²) in [5.74, 6) is 0.338. The van der Waals surface area contributed by atoms with Crippen molar-refractivity contribution < 1.29 is 9.53 Å². The van der Waals surface area contributed by atoms with E-state index in [4.69, 9.17) is 10.5 Å². The highest BCUT2D eigenvalue weighted by Crippen LogP contribution is 2.28. The second-order valence-corrected chi connectivity index (χ2v) is 4.61. The smallest absolute Gasteiger partial charge is 0.340 e. The van der Waals surface area contributed by atoms with Crippen molar-refractivity contribution in [1.82, 2.24) is 0 Å². The second-order valence-electron chi connectivity index (χ2n) is 4.61. The molecular weight excluding hydrogens is 216 g/mol. The summed E-state index contributed by atoms with van der Waals surface area (Å²) in [6, 6.07) is 5.41. The zero-order valence-electron chi connectivity index (χ0n) is 10.3. The van der Waals surface area contributed by atoms with E-state index in [1.165, 1.54) is 7.11 Å². The van der Waals surface area contributed by atoms with Crippen LogP contribution in [0.4, 0.5) is 11.4 Å². The summed E-state index contributed by atoms with van der Waals surface area (Å²) in [5, 5.41) is 0. The quantitative estimate of drug-likeness (QED) is 0.627. The number of anilines is 2. The van der Waals surface area contributed by atoms with Gasteiger partial charge in [0.15, 0.2) is 0 Å². The largest absolute Gasteiger partial charge is 0.465 e. The number of carbonyl (C=O) groups is 1. The van der Waals surface area contributed by atoms with Crippen molar-refractivity contribution in [3.8, 4) is 0 Å². The van der Waals surface area contributed by atoms with Gasteiger partial charge in [-0.25, -0.2) is 4.79 Å². The Hall–Kier alpha value is -1.71. The fourth-order valence-corrected chi connectivity index (χ4v) is 2.26. The van der Waals surface area contributed by atoms with E-state index in [0.717, 1.165) is 25.2 Å². The van der Waals surface area contributed by atoms with E-state index in [1.807, 2.05) is 12.1 Å². The Morgan fingerprint density at radius 1 is 1.53 bits per heavy atom. The Bertz CT molecular complexity index is 431. The Morgan fingerprint density at radius 2 is 2.29 bits per heavy atom. The Morgan fingerprint density at radius 3 is 2.88 bits per heavy atom. The van der Waals surface area contributed by atoms with Crippen LogP contribution in [-0.4, -0.2) is 26.2 Å². The predicted molar refractivity (Wildman–Crippen MR) is 68.2 cm³/mol. The molecule has 1 aliphatic rings. The number of carbonyl (C=O) groups excluding carboxylic acids is 1. The molecule has 0 amide bonds. The minimum atomic E-state index is -0.327. The average Bonchev–Trinajstić information content (AvgIpc) is 2.74. The van der Waals surface area contributed by atoms with Crippen molar-refractivity contribution in [3.63, 3.8) is 0 Å². The van der Waals surface area contributed by atoms with Gasteiger partial charge in [0.05, 0.1) is 18.4 Å². The highest BCUT2D eigenvalue weighted by molar-refractivity contribution is 5.97. The van der Waals surface area contributed by atoms with Crippen LogP contribution in [0.1, 0.15) is 23.7 Å². The molecule has 0 aromatic heterocycles. The Balaban J connectivity index is 2.35. The fraction of sp³-hybridized carbons (Fsp3) is 0.462. The van der Waals surface area contributed by atoms with Crippen LogP contribution in [0.2, 0.25) is 0 Å². The molecule has 0 saturated carbocycles. The van der Waals surface area contributed by atoms with E-state index < -0.39 is 0 Å². The summed E-state index contributed by atoms with van der Waals surface area (Å²) in [6.45, 7) is 4.18. The lowest BCUT2D eigenvalue weighted by Gasteiger charge is -2.21. The number of benzene rings is 1. The average molecular weight is 234 g/mol. The molecule has 0 aliphatic carbocycles. The van der Waals surface area contributed by atoms with E-state index in [9.17, 15) is 4.79 Å². The van der Waals surface area contributed by atoms with Crippen LogP contribution in [0, 0.1) is 5.92 Å². The third-order valence-corrected chi connectivity index (χ3v) is 3.19. The van der Waals surface area contributed by atoms with Crippen molar-refractivity contribution in [2.75, 3.05) is 30.8 Å². The maximum atomic E-state index is 11.7. The van der Waals surface area contributed by atoms with Crippen LogP contribution in [0.15, 0.2) is 18.2 Å². The number of hydrogen-bond donors (Lipinski definition) is 1. The molecule has 17 heavy (non-hydrogen) atoms. The molecule has 1 unspecified atom stereocenters. The number of rotatable bonds is 2. The lowest BCUT2D eigenvalue weighted by molar-refractivity contribution is 0.0601. The van der Waals surface area contributed by atoms with E-state index >= 15 is 0 Å². The third kappa shape index (κ3) is 2.35. The fourth-order valence-electron chi connectivity index (χ4n) is 2.26. The number of nitrogens with two attached hydrogens (primary N) is 1. The first kappa shape index (κ1) is 11.8. The summed E-state index contributed by atoms with van der Waals surface area (Å²) in [4.78, 5) is 13.9. The van der Waals surface area contributed by atoms with E-state index in [2.05, 4.69) is 11.8 Å². The maximum Gasteiger partial charge on any atom is 0.340 e. The summed E-state index contributed by atoms with van der Waals surface area (Å²) in [7, 11) is 1.39. The van der Waals surface area contributed by atoms with Crippen LogP contribution >= 0.6 is 0 Å². The van der Waals surface area contributed by atoms with Crippen LogP contribution in [0.25, 0.3) is 0 Å². The number of methoxy groups -OCH3 is 1. The summed E-state index contributed by atoms with van der Waals surface area (Å²) < 4.78 is 4.80. The predicted octanol–water partition coefficient (Wildman–Crippen LogP) is 1.90. The molecule has 2 N–H and O–H groups in total. The summed E-state index contributed by atoms with van der Waals surface area (Å²) >= 11 is 0. The monoisotopic (exact) mass is 234 g/mol. The van der Waals surface area contributed by atoms with E-state index in [1.54, 1.807) is 6.07 Å². The number of esters is 1. The molecule has 1 aromatic carbocycles. The zero-order chi connectivity index (χ0) is 12.4. The second kappa shape index (κ2) is 4.65. The van der Waals surface area contributed by atoms with Crippen LogP contribution < -0.4 is 10.6 Å². The van der Waals surface area contributed by atoms with Gasteiger partial charge in [-0.2, -0.15) is 0 Å². The Kier molecular flexibility index (Phi) is 3.22. The molecule has 2 rings (SSSR count). The first-order chi connectivity index (χ1) is 8.11. The van der Waals surface area contributed by atoms with Crippen molar-refractivity contribution >= 4 is 17.3 Å². The summed E-state index contributed by atoms with van der Waals surface area (Å²) in [5.41, 5.74) is 7.79. The molecular formula is C13H18N2O2. The minimum absolute atomic E-state index is 0.327. The lowest BCUT2D eigenvalue weighted by Crippen LogP contribution is -2.22. The van der Waals surface area contributed by atoms with Crippen molar-refractivity contribution in [1.29, 1.82) is 0 Å². The van der Waals surface area contributed by atoms with Gasteiger partial charge in [0.25, 0.3) is 0 Å². The highest BCUT2D eigenvalue weighted by Gasteiger charge is 2.23. The van der Waals surface area contributed by atoms with Gasteiger partial charge in [-0.05, 0) is 30.5 Å². The Labute approximate surface area is 101 Å². The summed E-state index contributed by atoms with van der Waals surface area (Å²) in [6.07, 6.45) is 1.16. The van der Waals surface area contributed by atoms with E-state index in [-0.39, 0.29) is 5.97 Å². The lowest BCUT2D eigenvalue weighted by atomic mass is 10.1. The van der Waals surface area contributed by atoms with Gasteiger partial charge in [-0.15, -0.1) is 0 Å². The van der Waals surface area contributed by atoms with Crippen LogP contribution in [0.5, 0.6) is 0 Å².